The van der Waals surface area contributed by atoms with Gasteiger partial charge in [-0.05, 0) is 36.6 Å². The van der Waals surface area contributed by atoms with Crippen LogP contribution in [0.4, 0.5) is 17.2 Å². The van der Waals surface area contributed by atoms with E-state index >= 15 is 0 Å². The van der Waals surface area contributed by atoms with E-state index in [2.05, 4.69) is 32.3 Å². The molecule has 1 N–H and O–H groups in total. The van der Waals surface area contributed by atoms with E-state index < -0.39 is 0 Å². The Morgan fingerprint density at radius 1 is 1.04 bits per heavy atom. The van der Waals surface area contributed by atoms with Crippen LogP contribution >= 0.6 is 0 Å². The highest BCUT2D eigenvalue weighted by Crippen LogP contribution is 2.35. The highest BCUT2D eigenvalue weighted by molar-refractivity contribution is 6.03. The fourth-order valence-corrected chi connectivity index (χ4v) is 3.56. The van der Waals surface area contributed by atoms with Gasteiger partial charge < -0.3 is 19.7 Å². The van der Waals surface area contributed by atoms with Gasteiger partial charge in [0.1, 0.15) is 17.8 Å². The molecule has 0 fully saturated rings. The minimum Gasteiger partial charge on any atom is -0.454 e. The maximum absolute atomic E-state index is 12.7. The Kier molecular flexibility index (Phi) is 4.05. The Bertz CT molecular complexity index is 1050. The van der Waals surface area contributed by atoms with Gasteiger partial charge in [-0.15, -0.1) is 0 Å². The molecule has 0 bridgehead atoms. The van der Waals surface area contributed by atoms with Crippen molar-refractivity contribution in [1.29, 1.82) is 0 Å². The first-order valence-electron chi connectivity index (χ1n) is 9.16. The van der Waals surface area contributed by atoms with Gasteiger partial charge in [0.2, 0.25) is 6.79 Å². The number of aromatic nitrogens is 2. The first-order valence-corrected chi connectivity index (χ1v) is 9.16. The molecule has 2 aliphatic rings. The lowest BCUT2D eigenvalue weighted by Crippen LogP contribution is -2.26. The number of rotatable bonds is 3. The number of fused-ring (bicyclic) bond motifs is 2. The monoisotopic (exact) mass is 374 g/mol. The van der Waals surface area contributed by atoms with Crippen LogP contribution in [-0.2, 0) is 6.42 Å². The second kappa shape index (κ2) is 6.84. The van der Waals surface area contributed by atoms with E-state index in [0.29, 0.717) is 22.9 Å². The minimum atomic E-state index is -0.298. The Labute approximate surface area is 161 Å². The summed E-state index contributed by atoms with van der Waals surface area (Å²) in [5, 5.41) is 2.85. The summed E-state index contributed by atoms with van der Waals surface area (Å²) >= 11 is 0. The van der Waals surface area contributed by atoms with Gasteiger partial charge in [-0.3, -0.25) is 4.79 Å². The Morgan fingerprint density at radius 3 is 2.89 bits per heavy atom. The van der Waals surface area contributed by atoms with E-state index in [1.165, 1.54) is 11.9 Å². The van der Waals surface area contributed by atoms with Gasteiger partial charge in [0.05, 0.1) is 0 Å². The van der Waals surface area contributed by atoms with E-state index in [9.17, 15) is 4.79 Å². The molecule has 0 radical (unpaired) electrons. The summed E-state index contributed by atoms with van der Waals surface area (Å²) in [6, 6.07) is 15.3. The van der Waals surface area contributed by atoms with Crippen molar-refractivity contribution in [2.75, 3.05) is 23.6 Å². The maximum Gasteiger partial charge on any atom is 0.274 e. The van der Waals surface area contributed by atoms with Gasteiger partial charge in [0, 0.05) is 30.1 Å². The first-order chi connectivity index (χ1) is 13.8. The quantitative estimate of drug-likeness (QED) is 0.756. The molecule has 1 amide bonds. The van der Waals surface area contributed by atoms with E-state index in [1.807, 2.05) is 12.1 Å². The minimum absolute atomic E-state index is 0.194. The van der Waals surface area contributed by atoms with Crippen LogP contribution in [0, 0.1) is 0 Å². The normalized spacial score (nSPS) is 14.5. The van der Waals surface area contributed by atoms with E-state index in [-0.39, 0.29) is 12.7 Å². The van der Waals surface area contributed by atoms with E-state index in [1.54, 1.807) is 24.3 Å². The molecular formula is C21H18N4O3. The molecule has 3 aromatic rings. The van der Waals surface area contributed by atoms with E-state index in [0.717, 1.165) is 30.9 Å². The van der Waals surface area contributed by atoms with Crippen LogP contribution in [0.3, 0.4) is 0 Å². The Hall–Kier alpha value is -3.61. The molecule has 2 aliphatic heterocycles. The molecule has 0 aliphatic carbocycles. The summed E-state index contributed by atoms with van der Waals surface area (Å²) in [6.07, 6.45) is 3.52. The van der Waals surface area contributed by atoms with Crippen molar-refractivity contribution < 1.29 is 14.3 Å². The average Bonchev–Trinajstić information content (AvgIpc) is 3.21. The predicted octanol–water partition coefficient (Wildman–Crippen LogP) is 3.54. The van der Waals surface area contributed by atoms with Gasteiger partial charge in [0.25, 0.3) is 5.91 Å². The van der Waals surface area contributed by atoms with Crippen molar-refractivity contribution in [2.45, 2.75) is 12.8 Å². The number of carbonyl (C=O) groups is 1. The number of hydrogen-bond donors (Lipinski definition) is 1. The standard InChI is InChI=1S/C21H18N4O3/c26-21(24-15-7-8-18-19(10-15)28-13-27-18)16-11-20(23-12-22-16)25-9-3-5-14-4-1-2-6-17(14)25/h1-2,4,6-8,10-12H,3,5,9,13H2,(H,24,26). The zero-order valence-electron chi connectivity index (χ0n) is 15.1. The zero-order valence-corrected chi connectivity index (χ0v) is 15.1. The molecule has 140 valence electrons. The highest BCUT2D eigenvalue weighted by atomic mass is 16.7. The van der Waals surface area contributed by atoms with Crippen LogP contribution in [0.2, 0.25) is 0 Å². The lowest BCUT2D eigenvalue weighted by molar-refractivity contribution is 0.102. The number of carbonyl (C=O) groups excluding carboxylic acids is 1. The number of ether oxygens (including phenoxy) is 2. The van der Waals surface area contributed by atoms with Crippen molar-refractivity contribution >= 4 is 23.1 Å². The summed E-state index contributed by atoms with van der Waals surface area (Å²) < 4.78 is 10.6. The summed E-state index contributed by atoms with van der Waals surface area (Å²) in [5.74, 6) is 1.71. The lowest BCUT2D eigenvalue weighted by Gasteiger charge is -2.30. The molecule has 5 rings (SSSR count). The summed E-state index contributed by atoms with van der Waals surface area (Å²) in [6.45, 7) is 1.05. The summed E-state index contributed by atoms with van der Waals surface area (Å²) in [4.78, 5) is 23.4. The molecule has 1 aromatic heterocycles. The number of hydrogen-bond acceptors (Lipinski definition) is 6. The van der Waals surface area contributed by atoms with Crippen LogP contribution in [0.5, 0.6) is 11.5 Å². The number of benzene rings is 2. The Balaban J connectivity index is 1.39. The highest BCUT2D eigenvalue weighted by Gasteiger charge is 2.21. The molecule has 0 spiro atoms. The predicted molar refractivity (Wildman–Crippen MR) is 104 cm³/mol. The molecule has 7 nitrogen and oxygen atoms in total. The topological polar surface area (TPSA) is 76.6 Å². The van der Waals surface area contributed by atoms with Crippen LogP contribution in [0.15, 0.2) is 54.9 Å². The third-order valence-corrected chi connectivity index (χ3v) is 4.90. The third kappa shape index (κ3) is 3.00. The van der Waals surface area contributed by atoms with Crippen LogP contribution in [0.25, 0.3) is 0 Å². The van der Waals surface area contributed by atoms with Gasteiger partial charge in [-0.25, -0.2) is 9.97 Å². The second-order valence-corrected chi connectivity index (χ2v) is 6.67. The van der Waals surface area contributed by atoms with Gasteiger partial charge in [-0.1, -0.05) is 18.2 Å². The van der Waals surface area contributed by atoms with Gasteiger partial charge in [0.15, 0.2) is 11.5 Å². The second-order valence-electron chi connectivity index (χ2n) is 6.67. The molecule has 0 saturated heterocycles. The number of anilines is 3. The number of amides is 1. The molecule has 3 heterocycles. The van der Waals surface area contributed by atoms with Crippen LogP contribution in [-0.4, -0.2) is 29.2 Å². The summed E-state index contributed by atoms with van der Waals surface area (Å²) in [7, 11) is 0. The van der Waals surface area contributed by atoms with Gasteiger partial charge in [-0.2, -0.15) is 0 Å². The molecule has 28 heavy (non-hydrogen) atoms. The van der Waals surface area contributed by atoms with Crippen molar-refractivity contribution in [1.82, 2.24) is 9.97 Å². The molecule has 0 saturated carbocycles. The molecule has 0 unspecified atom stereocenters. The molecular weight excluding hydrogens is 356 g/mol. The number of nitrogens with zero attached hydrogens (tertiary/aromatic N) is 3. The zero-order chi connectivity index (χ0) is 18.9. The smallest absolute Gasteiger partial charge is 0.274 e. The maximum atomic E-state index is 12.7. The van der Waals surface area contributed by atoms with Crippen LogP contribution in [0.1, 0.15) is 22.5 Å². The lowest BCUT2D eigenvalue weighted by atomic mass is 10.0. The number of nitrogens with one attached hydrogen (secondary N) is 1. The van der Waals surface area contributed by atoms with Crippen molar-refractivity contribution in [3.8, 4) is 11.5 Å². The molecule has 0 atom stereocenters. The van der Waals surface area contributed by atoms with Crippen molar-refractivity contribution in [3.05, 3.63) is 66.1 Å². The van der Waals surface area contributed by atoms with Crippen molar-refractivity contribution in [2.24, 2.45) is 0 Å². The third-order valence-electron chi connectivity index (χ3n) is 4.90. The SMILES string of the molecule is O=C(Nc1ccc2c(c1)OCO2)c1cc(N2CCCc3ccccc32)ncn1. The molecule has 2 aromatic carbocycles. The fraction of sp³-hybridized carbons (Fsp3) is 0.190. The van der Waals surface area contributed by atoms with Gasteiger partial charge >= 0.3 is 0 Å². The summed E-state index contributed by atoms with van der Waals surface area (Å²) in [5.41, 5.74) is 3.36. The average molecular weight is 374 g/mol. The fourth-order valence-electron chi connectivity index (χ4n) is 3.56. The number of aryl methyl sites for hydroxylation is 1. The first kappa shape index (κ1) is 16.6. The van der Waals surface area contributed by atoms with Crippen molar-refractivity contribution in [3.63, 3.8) is 0 Å². The van der Waals surface area contributed by atoms with Crippen LogP contribution < -0.4 is 19.7 Å². The Morgan fingerprint density at radius 2 is 1.93 bits per heavy atom. The molecule has 7 heteroatoms. The van der Waals surface area contributed by atoms with E-state index in [4.69, 9.17) is 9.47 Å². The largest absolute Gasteiger partial charge is 0.454 e. The number of para-hydroxylation sites is 1.